The predicted molar refractivity (Wildman–Crippen MR) is 64.0 cm³/mol. The van der Waals surface area contributed by atoms with Crippen LogP contribution in [0.25, 0.3) is 0 Å². The van der Waals surface area contributed by atoms with E-state index in [1.807, 2.05) is 13.0 Å². The average Bonchev–Trinajstić information content (AvgIpc) is 2.37. The van der Waals surface area contributed by atoms with Crippen molar-refractivity contribution in [3.63, 3.8) is 0 Å². The van der Waals surface area contributed by atoms with Crippen molar-refractivity contribution >= 4 is 0 Å². The lowest BCUT2D eigenvalue weighted by Gasteiger charge is -2.37. The minimum Gasteiger partial charge on any atom is -0.399 e. The van der Waals surface area contributed by atoms with Crippen molar-refractivity contribution in [3.05, 3.63) is 35.1 Å². The van der Waals surface area contributed by atoms with E-state index in [0.717, 1.165) is 5.70 Å². The van der Waals surface area contributed by atoms with E-state index in [-0.39, 0.29) is 11.0 Å². The molecule has 0 aromatic rings. The summed E-state index contributed by atoms with van der Waals surface area (Å²) in [6, 6.07) is 0. The Hall–Kier alpha value is -1.02. The number of rotatable bonds is 0. The molecule has 0 bridgehead atoms. The molecule has 0 aromatic carbocycles. The molecule has 0 spiro atoms. The first kappa shape index (κ1) is 10.5. The molecule has 2 aliphatic carbocycles. The Morgan fingerprint density at radius 3 is 2.47 bits per heavy atom. The molecular formula is C13H20N2. The molecule has 15 heavy (non-hydrogen) atoms. The van der Waals surface area contributed by atoms with Crippen LogP contribution in [0.4, 0.5) is 0 Å². The van der Waals surface area contributed by atoms with Gasteiger partial charge in [-0.25, -0.2) is 0 Å². The first-order valence-corrected chi connectivity index (χ1v) is 5.47. The SMILES string of the molecule is CC1C2=C(C(N)=CC1(C)N)C(C)(C)C=C2. The second-order valence-corrected chi connectivity index (χ2v) is 5.57. The number of allylic oxidation sites excluding steroid dienone is 3. The summed E-state index contributed by atoms with van der Waals surface area (Å²) in [5.74, 6) is 0.331. The molecule has 2 heteroatoms. The fourth-order valence-electron chi connectivity index (χ4n) is 2.60. The molecule has 2 aliphatic rings. The maximum atomic E-state index is 6.23. The van der Waals surface area contributed by atoms with E-state index < -0.39 is 0 Å². The second kappa shape index (κ2) is 2.76. The van der Waals surface area contributed by atoms with Gasteiger partial charge in [0.05, 0.1) is 0 Å². The van der Waals surface area contributed by atoms with Gasteiger partial charge in [0.1, 0.15) is 0 Å². The predicted octanol–water partition coefficient (Wildman–Crippen LogP) is 2.09. The van der Waals surface area contributed by atoms with Gasteiger partial charge in [-0.3, -0.25) is 0 Å². The van der Waals surface area contributed by atoms with Gasteiger partial charge < -0.3 is 11.5 Å². The fourth-order valence-corrected chi connectivity index (χ4v) is 2.60. The van der Waals surface area contributed by atoms with Gasteiger partial charge in [0.2, 0.25) is 0 Å². The monoisotopic (exact) mass is 204 g/mol. The summed E-state index contributed by atoms with van der Waals surface area (Å²) in [4.78, 5) is 0. The lowest BCUT2D eigenvalue weighted by molar-refractivity contribution is 0.426. The molecule has 0 heterocycles. The first-order chi connectivity index (χ1) is 6.76. The van der Waals surface area contributed by atoms with E-state index in [0.29, 0.717) is 5.92 Å². The molecular weight excluding hydrogens is 184 g/mol. The summed E-state index contributed by atoms with van der Waals surface area (Å²) in [6.07, 6.45) is 6.41. The average molecular weight is 204 g/mol. The van der Waals surface area contributed by atoms with E-state index in [4.69, 9.17) is 11.5 Å². The van der Waals surface area contributed by atoms with Crippen LogP contribution in [-0.4, -0.2) is 5.54 Å². The van der Waals surface area contributed by atoms with E-state index in [2.05, 4.69) is 32.9 Å². The topological polar surface area (TPSA) is 52.0 Å². The minimum absolute atomic E-state index is 0.0562. The maximum absolute atomic E-state index is 6.23. The molecule has 0 aliphatic heterocycles. The fraction of sp³-hybridized carbons (Fsp3) is 0.538. The second-order valence-electron chi connectivity index (χ2n) is 5.57. The largest absolute Gasteiger partial charge is 0.399 e. The van der Waals surface area contributed by atoms with Crippen molar-refractivity contribution in [2.45, 2.75) is 33.2 Å². The molecule has 82 valence electrons. The molecule has 0 aromatic heterocycles. The van der Waals surface area contributed by atoms with Gasteiger partial charge in [0, 0.05) is 22.6 Å². The zero-order valence-corrected chi connectivity index (χ0v) is 9.96. The van der Waals surface area contributed by atoms with E-state index in [9.17, 15) is 0 Å². The van der Waals surface area contributed by atoms with Crippen molar-refractivity contribution in [2.24, 2.45) is 22.8 Å². The number of nitrogens with two attached hydrogens (primary N) is 2. The molecule has 0 amide bonds. The molecule has 2 nitrogen and oxygen atoms in total. The smallest absolute Gasteiger partial charge is 0.0400 e. The summed E-state index contributed by atoms with van der Waals surface area (Å²) in [7, 11) is 0. The van der Waals surface area contributed by atoms with Crippen LogP contribution in [0.15, 0.2) is 35.1 Å². The zero-order valence-electron chi connectivity index (χ0n) is 9.96. The van der Waals surface area contributed by atoms with Crippen molar-refractivity contribution < 1.29 is 0 Å². The Kier molecular flexibility index (Phi) is 1.93. The van der Waals surface area contributed by atoms with E-state index >= 15 is 0 Å². The Labute approximate surface area is 91.7 Å². The number of hydrogen-bond donors (Lipinski definition) is 2. The van der Waals surface area contributed by atoms with Gasteiger partial charge in [-0.2, -0.15) is 0 Å². The Balaban J connectivity index is 2.57. The molecule has 2 rings (SSSR count). The first-order valence-electron chi connectivity index (χ1n) is 5.47. The highest BCUT2D eigenvalue weighted by Crippen LogP contribution is 2.47. The quantitative estimate of drug-likeness (QED) is 0.635. The summed E-state index contributed by atoms with van der Waals surface area (Å²) in [5.41, 5.74) is 15.5. The maximum Gasteiger partial charge on any atom is 0.0400 e. The van der Waals surface area contributed by atoms with Crippen LogP contribution >= 0.6 is 0 Å². The Morgan fingerprint density at radius 1 is 1.27 bits per heavy atom. The zero-order chi connectivity index (χ0) is 11.4. The van der Waals surface area contributed by atoms with Crippen LogP contribution in [0.2, 0.25) is 0 Å². The third-order valence-corrected chi connectivity index (χ3v) is 3.77. The summed E-state index contributed by atoms with van der Waals surface area (Å²) < 4.78 is 0. The minimum atomic E-state index is -0.326. The highest BCUT2D eigenvalue weighted by atomic mass is 14.8. The van der Waals surface area contributed by atoms with Crippen molar-refractivity contribution in [1.82, 2.24) is 0 Å². The highest BCUT2D eigenvalue weighted by Gasteiger charge is 2.40. The van der Waals surface area contributed by atoms with Crippen LogP contribution < -0.4 is 11.5 Å². The molecule has 0 fully saturated rings. The van der Waals surface area contributed by atoms with Crippen LogP contribution in [0.3, 0.4) is 0 Å². The molecule has 4 N–H and O–H groups in total. The van der Waals surface area contributed by atoms with Crippen LogP contribution in [-0.2, 0) is 0 Å². The third kappa shape index (κ3) is 1.36. The summed E-state index contributed by atoms with van der Waals surface area (Å²) in [6.45, 7) is 8.59. The van der Waals surface area contributed by atoms with E-state index in [1.54, 1.807) is 0 Å². The van der Waals surface area contributed by atoms with Gasteiger partial charge in [0.25, 0.3) is 0 Å². The van der Waals surface area contributed by atoms with Crippen molar-refractivity contribution in [2.75, 3.05) is 0 Å². The van der Waals surface area contributed by atoms with Gasteiger partial charge in [-0.1, -0.05) is 32.9 Å². The van der Waals surface area contributed by atoms with Crippen LogP contribution in [0.1, 0.15) is 27.7 Å². The van der Waals surface area contributed by atoms with Crippen molar-refractivity contribution in [3.8, 4) is 0 Å². The van der Waals surface area contributed by atoms with Crippen molar-refractivity contribution in [1.29, 1.82) is 0 Å². The summed E-state index contributed by atoms with van der Waals surface area (Å²) in [5, 5.41) is 0. The highest BCUT2D eigenvalue weighted by molar-refractivity contribution is 5.55. The third-order valence-electron chi connectivity index (χ3n) is 3.77. The van der Waals surface area contributed by atoms with E-state index in [1.165, 1.54) is 11.1 Å². The van der Waals surface area contributed by atoms with Gasteiger partial charge in [-0.15, -0.1) is 0 Å². The van der Waals surface area contributed by atoms with Gasteiger partial charge >= 0.3 is 0 Å². The van der Waals surface area contributed by atoms with Gasteiger partial charge in [0.15, 0.2) is 0 Å². The normalized spacial score (nSPS) is 37.9. The standard InChI is InChI=1S/C13H20N2/c1-8-9-5-6-12(2,3)11(9)10(14)7-13(8,4)15/h5-8H,14-15H2,1-4H3. The Morgan fingerprint density at radius 2 is 1.87 bits per heavy atom. The molecule has 0 radical (unpaired) electrons. The molecule has 0 saturated carbocycles. The molecule has 2 unspecified atom stereocenters. The van der Waals surface area contributed by atoms with Crippen LogP contribution in [0, 0.1) is 11.3 Å². The Bertz CT molecular complexity index is 395. The lowest BCUT2D eigenvalue weighted by Crippen LogP contribution is -2.45. The summed E-state index contributed by atoms with van der Waals surface area (Å²) >= 11 is 0. The molecule has 0 saturated heterocycles. The lowest BCUT2D eigenvalue weighted by atomic mass is 9.72. The molecule has 2 atom stereocenters. The number of hydrogen-bond acceptors (Lipinski definition) is 2. The van der Waals surface area contributed by atoms with Gasteiger partial charge in [-0.05, 0) is 24.1 Å². The van der Waals surface area contributed by atoms with Crippen LogP contribution in [0.5, 0.6) is 0 Å².